The quantitative estimate of drug-likeness (QED) is 0.295. The Morgan fingerprint density at radius 1 is 1.00 bits per heavy atom. The Bertz CT molecular complexity index is 654. The highest BCUT2D eigenvalue weighted by molar-refractivity contribution is 5.95. The summed E-state index contributed by atoms with van der Waals surface area (Å²) in [6.07, 6.45) is 1.16. The van der Waals surface area contributed by atoms with Crippen LogP contribution in [0.2, 0.25) is 0 Å². The number of rotatable bonds is 3. The maximum atomic E-state index is 11.7. The van der Waals surface area contributed by atoms with Crippen LogP contribution in [0.25, 0.3) is 0 Å². The molecule has 0 aliphatic carbocycles. The van der Waals surface area contributed by atoms with Crippen LogP contribution in [0.4, 0.5) is 0 Å². The van der Waals surface area contributed by atoms with Crippen LogP contribution in [0.15, 0.2) is 47.6 Å². The summed E-state index contributed by atoms with van der Waals surface area (Å²) in [4.78, 5) is 11.7. The molecule has 0 saturated carbocycles. The van der Waals surface area contributed by atoms with Crippen molar-refractivity contribution < 1.29 is 20.1 Å². The Kier molecular flexibility index (Phi) is 3.85. The molecule has 0 heterocycles. The summed E-state index contributed by atoms with van der Waals surface area (Å²) in [5.74, 6) is -1.49. The maximum absolute atomic E-state index is 11.7. The lowest BCUT2D eigenvalue weighted by Gasteiger charge is -2.02. The number of benzene rings is 2. The van der Waals surface area contributed by atoms with Crippen molar-refractivity contribution in [1.29, 1.82) is 0 Å². The largest absolute Gasteiger partial charge is 0.507 e. The van der Waals surface area contributed by atoms with Crippen molar-refractivity contribution >= 4 is 12.1 Å². The van der Waals surface area contributed by atoms with E-state index in [4.69, 9.17) is 5.11 Å². The van der Waals surface area contributed by atoms with Gasteiger partial charge in [-0.3, -0.25) is 4.79 Å². The van der Waals surface area contributed by atoms with Crippen LogP contribution in [0, 0.1) is 0 Å². The summed E-state index contributed by atoms with van der Waals surface area (Å²) in [5, 5.41) is 31.7. The van der Waals surface area contributed by atoms with Crippen LogP contribution in [0.3, 0.4) is 0 Å². The number of carbonyl (C=O) groups excluding carboxylic acids is 1. The molecule has 0 aromatic heterocycles. The zero-order valence-electron chi connectivity index (χ0n) is 10.3. The molecule has 1 amide bonds. The van der Waals surface area contributed by atoms with Gasteiger partial charge in [-0.1, -0.05) is 18.2 Å². The highest BCUT2D eigenvalue weighted by atomic mass is 16.3. The van der Waals surface area contributed by atoms with Crippen molar-refractivity contribution in [2.45, 2.75) is 0 Å². The highest BCUT2D eigenvalue weighted by Gasteiger charge is 2.06. The normalized spacial score (nSPS) is 10.6. The second-order valence-electron chi connectivity index (χ2n) is 3.96. The topological polar surface area (TPSA) is 102 Å². The van der Waals surface area contributed by atoms with Gasteiger partial charge in [-0.2, -0.15) is 5.10 Å². The van der Waals surface area contributed by atoms with Gasteiger partial charge in [0.25, 0.3) is 5.91 Å². The number of phenolic OH excluding ortho intramolecular Hbond substituents is 3. The van der Waals surface area contributed by atoms with E-state index in [1.54, 1.807) is 30.3 Å². The van der Waals surface area contributed by atoms with E-state index in [-0.39, 0.29) is 11.3 Å². The highest BCUT2D eigenvalue weighted by Crippen LogP contribution is 2.31. The first-order chi connectivity index (χ1) is 9.58. The molecule has 102 valence electrons. The fraction of sp³-hybridized carbons (Fsp3) is 0. The van der Waals surface area contributed by atoms with Gasteiger partial charge in [-0.05, 0) is 18.2 Å². The Morgan fingerprint density at radius 2 is 1.65 bits per heavy atom. The van der Waals surface area contributed by atoms with E-state index in [9.17, 15) is 15.0 Å². The van der Waals surface area contributed by atoms with Crippen molar-refractivity contribution in [2.75, 3.05) is 0 Å². The molecule has 0 unspecified atom stereocenters. The van der Waals surface area contributed by atoms with Crippen molar-refractivity contribution in [3.05, 3.63) is 53.6 Å². The van der Waals surface area contributed by atoms with E-state index < -0.39 is 17.4 Å². The number of amides is 1. The number of carbonyl (C=O) groups is 1. The Morgan fingerprint density at radius 3 is 2.35 bits per heavy atom. The zero-order valence-corrected chi connectivity index (χ0v) is 10.3. The summed E-state index contributed by atoms with van der Waals surface area (Å²) < 4.78 is 0. The first-order valence-corrected chi connectivity index (χ1v) is 5.71. The van der Waals surface area contributed by atoms with Gasteiger partial charge in [0.05, 0.1) is 6.21 Å². The maximum Gasteiger partial charge on any atom is 0.271 e. The summed E-state index contributed by atoms with van der Waals surface area (Å²) in [6.45, 7) is 0. The van der Waals surface area contributed by atoms with E-state index in [2.05, 4.69) is 10.5 Å². The van der Waals surface area contributed by atoms with Crippen molar-refractivity contribution in [2.24, 2.45) is 5.10 Å². The van der Waals surface area contributed by atoms with E-state index in [1.165, 1.54) is 0 Å². The molecule has 20 heavy (non-hydrogen) atoms. The SMILES string of the molecule is O=C(NN=Cc1cc(O)c(O)cc1O)c1ccccc1. The molecule has 0 atom stereocenters. The summed E-state index contributed by atoms with van der Waals surface area (Å²) in [7, 11) is 0. The molecule has 2 aromatic rings. The first-order valence-electron chi connectivity index (χ1n) is 5.71. The minimum atomic E-state index is -0.437. The average molecular weight is 272 g/mol. The lowest BCUT2D eigenvalue weighted by Crippen LogP contribution is -2.17. The summed E-state index contributed by atoms with van der Waals surface area (Å²) in [5.41, 5.74) is 2.89. The first kappa shape index (κ1) is 13.4. The lowest BCUT2D eigenvalue weighted by molar-refractivity contribution is 0.0955. The zero-order chi connectivity index (χ0) is 14.5. The van der Waals surface area contributed by atoms with Crippen LogP contribution < -0.4 is 5.43 Å². The molecule has 4 N–H and O–H groups in total. The summed E-state index contributed by atoms with van der Waals surface area (Å²) in [6, 6.07) is 10.6. The predicted molar refractivity (Wildman–Crippen MR) is 72.9 cm³/mol. The molecule has 2 aromatic carbocycles. The number of hydrogen-bond donors (Lipinski definition) is 4. The van der Waals surface area contributed by atoms with Gasteiger partial charge in [0, 0.05) is 17.2 Å². The minimum absolute atomic E-state index is 0.161. The Labute approximate surface area is 114 Å². The average Bonchev–Trinajstić information content (AvgIpc) is 2.45. The molecule has 0 aliphatic heterocycles. The smallest absolute Gasteiger partial charge is 0.271 e. The number of nitrogens with zero attached hydrogens (tertiary/aromatic N) is 1. The molecule has 2 rings (SSSR count). The monoisotopic (exact) mass is 272 g/mol. The fourth-order valence-electron chi connectivity index (χ4n) is 1.50. The second kappa shape index (κ2) is 5.75. The molecule has 0 fully saturated rings. The standard InChI is InChI=1S/C14H12N2O4/c17-11-7-13(19)12(18)6-10(11)8-15-16-14(20)9-4-2-1-3-5-9/h1-8,17-19H,(H,16,20). The van der Waals surface area contributed by atoms with Crippen LogP contribution in [-0.2, 0) is 0 Å². The van der Waals surface area contributed by atoms with Crippen LogP contribution >= 0.6 is 0 Å². The van der Waals surface area contributed by atoms with E-state index in [1.807, 2.05) is 0 Å². The van der Waals surface area contributed by atoms with Crippen LogP contribution in [0.1, 0.15) is 15.9 Å². The number of aromatic hydroxyl groups is 3. The number of phenols is 3. The third kappa shape index (κ3) is 3.05. The van der Waals surface area contributed by atoms with Crippen molar-refractivity contribution in [3.8, 4) is 17.2 Å². The van der Waals surface area contributed by atoms with Crippen LogP contribution in [-0.4, -0.2) is 27.4 Å². The fourth-order valence-corrected chi connectivity index (χ4v) is 1.50. The minimum Gasteiger partial charge on any atom is -0.507 e. The molecule has 0 bridgehead atoms. The van der Waals surface area contributed by atoms with E-state index in [0.717, 1.165) is 18.3 Å². The number of hydrogen-bond acceptors (Lipinski definition) is 5. The Hall–Kier alpha value is -3.02. The second-order valence-corrected chi connectivity index (χ2v) is 3.96. The molecule has 0 aliphatic rings. The van der Waals surface area contributed by atoms with Gasteiger partial charge in [0.15, 0.2) is 11.5 Å². The molecular formula is C14H12N2O4. The van der Waals surface area contributed by atoms with Crippen LogP contribution in [0.5, 0.6) is 17.2 Å². The van der Waals surface area contributed by atoms with Crippen molar-refractivity contribution in [3.63, 3.8) is 0 Å². The molecule has 6 nitrogen and oxygen atoms in total. The third-order valence-electron chi connectivity index (χ3n) is 2.53. The predicted octanol–water partition coefficient (Wildman–Crippen LogP) is 1.57. The van der Waals surface area contributed by atoms with E-state index >= 15 is 0 Å². The van der Waals surface area contributed by atoms with Gasteiger partial charge in [0.2, 0.25) is 0 Å². The molecule has 0 radical (unpaired) electrons. The van der Waals surface area contributed by atoms with Gasteiger partial charge in [-0.15, -0.1) is 0 Å². The lowest BCUT2D eigenvalue weighted by atomic mass is 10.2. The molecule has 0 spiro atoms. The molecule has 0 saturated heterocycles. The third-order valence-corrected chi connectivity index (χ3v) is 2.53. The molecule has 6 heteroatoms. The van der Waals surface area contributed by atoms with Crippen molar-refractivity contribution in [1.82, 2.24) is 5.43 Å². The number of hydrazone groups is 1. The van der Waals surface area contributed by atoms with E-state index in [0.29, 0.717) is 5.56 Å². The number of nitrogens with one attached hydrogen (secondary N) is 1. The molecular weight excluding hydrogens is 260 g/mol. The Balaban J connectivity index is 2.08. The summed E-state index contributed by atoms with van der Waals surface area (Å²) >= 11 is 0. The van der Waals surface area contributed by atoms with Gasteiger partial charge >= 0.3 is 0 Å². The van der Waals surface area contributed by atoms with Gasteiger partial charge in [-0.25, -0.2) is 5.43 Å². The van der Waals surface area contributed by atoms with Gasteiger partial charge in [0.1, 0.15) is 5.75 Å². The van der Waals surface area contributed by atoms with Gasteiger partial charge < -0.3 is 15.3 Å².